The van der Waals surface area contributed by atoms with Gasteiger partial charge >= 0.3 is 12.1 Å². The van der Waals surface area contributed by atoms with Crippen molar-refractivity contribution in [3.63, 3.8) is 0 Å². The molecule has 0 bridgehead atoms. The van der Waals surface area contributed by atoms with E-state index in [4.69, 9.17) is 23.7 Å². The van der Waals surface area contributed by atoms with Gasteiger partial charge in [-0.05, 0) is 85.2 Å². The fourth-order valence-corrected chi connectivity index (χ4v) is 9.32. The number of imidazole rings is 1. The molecule has 3 aliphatic heterocycles. The minimum Gasteiger partial charge on any atom is -0.457 e. The fraction of sp³-hybridized carbons (Fsp3) is 0.714. The smallest absolute Gasteiger partial charge is 0.411 e. The number of nitrogens with zero attached hydrogens (tertiary/aromatic N) is 5. The number of esters is 1. The van der Waals surface area contributed by atoms with Crippen LogP contribution in [-0.2, 0) is 44.6 Å². The van der Waals surface area contributed by atoms with Gasteiger partial charge in [-0.2, -0.15) is 0 Å². The quantitative estimate of drug-likeness (QED) is 0.145. The Morgan fingerprint density at radius 3 is 2.40 bits per heavy atom. The van der Waals surface area contributed by atoms with E-state index in [9.17, 15) is 24.3 Å². The number of aryl methyl sites for hydroxylation is 1. The number of Topliss-reactive ketones (excluding diaryl/α,β-unsaturated/α-hetero) is 2. The van der Waals surface area contributed by atoms with Crippen LogP contribution in [0.25, 0.3) is 11.2 Å². The number of likely N-dealkylation sites (N-methyl/N-ethyl adjacent to an activating group) is 1. The fourth-order valence-electron chi connectivity index (χ4n) is 9.32. The van der Waals surface area contributed by atoms with E-state index in [1.54, 1.807) is 52.0 Å². The number of pyridine rings is 1. The van der Waals surface area contributed by atoms with E-state index in [-0.39, 0.29) is 37.3 Å². The zero-order valence-electron chi connectivity index (χ0n) is 35.3. The first-order valence-electron chi connectivity index (χ1n) is 20.3. The second-order valence-electron chi connectivity index (χ2n) is 16.7. The second-order valence-corrected chi connectivity index (χ2v) is 16.7. The van der Waals surface area contributed by atoms with Crippen molar-refractivity contribution in [3.8, 4) is 0 Å². The first-order chi connectivity index (χ1) is 26.9. The zero-order chi connectivity index (χ0) is 42.0. The number of cyclic esters (lactones) is 1. The lowest BCUT2D eigenvalue weighted by molar-refractivity contribution is -0.295. The largest absolute Gasteiger partial charge is 0.457 e. The summed E-state index contributed by atoms with van der Waals surface area (Å²) in [5, 5.41) is 11.4. The number of hydrogen-bond donors (Lipinski definition) is 1. The molecule has 3 fully saturated rings. The highest BCUT2D eigenvalue weighted by Crippen LogP contribution is 2.44. The molecule has 0 saturated carbocycles. The van der Waals surface area contributed by atoms with Crippen molar-refractivity contribution in [2.24, 2.45) is 23.7 Å². The second kappa shape index (κ2) is 18.0. The van der Waals surface area contributed by atoms with Crippen LogP contribution in [0.1, 0.15) is 80.6 Å². The van der Waals surface area contributed by atoms with Gasteiger partial charge in [-0.15, -0.1) is 0 Å². The van der Waals surface area contributed by atoms with Crippen molar-refractivity contribution in [1.29, 1.82) is 0 Å². The molecule has 3 aliphatic rings. The Balaban J connectivity index is 1.49. The number of hydrogen-bond acceptors (Lipinski definition) is 13. The van der Waals surface area contributed by atoms with Crippen LogP contribution >= 0.6 is 0 Å². The van der Waals surface area contributed by atoms with Crippen molar-refractivity contribution in [2.45, 2.75) is 141 Å². The summed E-state index contributed by atoms with van der Waals surface area (Å²) < 4.78 is 33.3. The van der Waals surface area contributed by atoms with Crippen LogP contribution in [-0.4, -0.2) is 135 Å². The molecule has 5 heterocycles. The SMILES string of the molecule is C=C[C@]12OC(=O)N(CCCCn3cnc4ncccc43)[C@@H]1[C@@H](C)C(=O)[C@H](C)C[C@@](C)(OC)[C@H](O[C@@H]1O[C@H](C)C[C@H](N(C)C)[C@H]1O)[C@@H](C)C(=O)[C@@H](C)C(=O)O[C@@H]2CC. The average molecular weight is 798 g/mol. The molecule has 2 aromatic heterocycles. The maximum absolute atomic E-state index is 14.8. The molecule has 1 N–H and O–H groups in total. The van der Waals surface area contributed by atoms with E-state index >= 15 is 0 Å². The highest BCUT2D eigenvalue weighted by atomic mass is 16.7. The minimum absolute atomic E-state index is 0.108. The number of ketones is 2. The van der Waals surface area contributed by atoms with E-state index in [0.29, 0.717) is 31.5 Å². The van der Waals surface area contributed by atoms with Crippen molar-refractivity contribution in [1.82, 2.24) is 24.3 Å². The molecular weight excluding hydrogens is 734 g/mol. The van der Waals surface area contributed by atoms with E-state index < -0.39 is 83.4 Å². The third-order valence-corrected chi connectivity index (χ3v) is 12.6. The summed E-state index contributed by atoms with van der Waals surface area (Å²) in [5.41, 5.74) is -1.32. The van der Waals surface area contributed by atoms with Crippen LogP contribution in [0.15, 0.2) is 37.3 Å². The maximum Gasteiger partial charge on any atom is 0.411 e. The summed E-state index contributed by atoms with van der Waals surface area (Å²) in [6.07, 6.45) is 1.82. The Kier molecular flexibility index (Phi) is 14.0. The Hall–Kier alpha value is -3.76. The van der Waals surface area contributed by atoms with Gasteiger partial charge in [0, 0.05) is 50.2 Å². The van der Waals surface area contributed by atoms with Crippen LogP contribution < -0.4 is 0 Å². The Morgan fingerprint density at radius 2 is 1.75 bits per heavy atom. The number of amides is 1. The number of aliphatic hydroxyl groups is 1. The van der Waals surface area contributed by atoms with Gasteiger partial charge in [0.25, 0.3) is 0 Å². The number of carbonyl (C=O) groups excluding carboxylic acids is 4. The molecule has 3 saturated heterocycles. The van der Waals surface area contributed by atoms with Crippen LogP contribution in [0.4, 0.5) is 4.79 Å². The molecule has 2 aromatic rings. The van der Waals surface area contributed by atoms with E-state index in [1.165, 1.54) is 20.1 Å². The third-order valence-electron chi connectivity index (χ3n) is 12.6. The monoisotopic (exact) mass is 797 g/mol. The summed E-state index contributed by atoms with van der Waals surface area (Å²) in [7, 11) is 5.22. The molecule has 57 heavy (non-hydrogen) atoms. The number of aromatic nitrogens is 3. The minimum atomic E-state index is -1.59. The Labute approximate surface area is 336 Å². The van der Waals surface area contributed by atoms with Crippen LogP contribution in [0.5, 0.6) is 0 Å². The van der Waals surface area contributed by atoms with Gasteiger partial charge in [-0.1, -0.05) is 34.3 Å². The summed E-state index contributed by atoms with van der Waals surface area (Å²) in [5.74, 6) is -5.19. The lowest BCUT2D eigenvalue weighted by Crippen LogP contribution is -2.60. The average Bonchev–Trinajstić information content (AvgIpc) is 3.74. The van der Waals surface area contributed by atoms with Gasteiger partial charge in [0.05, 0.1) is 35.7 Å². The zero-order valence-corrected chi connectivity index (χ0v) is 35.3. The highest BCUT2D eigenvalue weighted by molar-refractivity contribution is 6.00. The van der Waals surface area contributed by atoms with Gasteiger partial charge in [0.2, 0.25) is 0 Å². The number of methoxy groups -OCH3 is 1. The van der Waals surface area contributed by atoms with Crippen molar-refractivity contribution in [3.05, 3.63) is 37.3 Å². The number of fused-ring (bicyclic) bond motifs is 2. The topological polar surface area (TPSA) is 172 Å². The lowest BCUT2D eigenvalue weighted by atomic mass is 9.72. The third kappa shape index (κ3) is 8.68. The van der Waals surface area contributed by atoms with Crippen molar-refractivity contribution >= 4 is 34.8 Å². The molecule has 15 nitrogen and oxygen atoms in total. The van der Waals surface area contributed by atoms with Gasteiger partial charge in [0.15, 0.2) is 23.3 Å². The molecule has 5 rings (SSSR count). The highest BCUT2D eigenvalue weighted by Gasteiger charge is 2.61. The molecule has 0 unspecified atom stereocenters. The van der Waals surface area contributed by atoms with E-state index in [2.05, 4.69) is 16.5 Å². The number of rotatable bonds is 11. The van der Waals surface area contributed by atoms with E-state index in [1.807, 2.05) is 42.6 Å². The predicted molar refractivity (Wildman–Crippen MR) is 211 cm³/mol. The van der Waals surface area contributed by atoms with Gasteiger partial charge < -0.3 is 38.3 Å². The normalized spacial score (nSPS) is 37.2. The number of unbranched alkanes of at least 4 members (excludes halogenated alkanes) is 1. The molecule has 0 spiro atoms. The standard InChI is InChI=1S/C42H63N5O10/c1-12-31-42(13-2)35(47(40(52)57-42)20-15-14-19-46-23-44-37-29(46)17-16-18-43-37)26(5)32(48)24(3)22-41(8,53-11)36(27(6)33(49)28(7)38(51)55-31)56-39-34(50)30(45(9)10)21-25(4)54-39/h13,16-18,23-28,30-31,34-36,39,50H,2,12,14-15,19-22H2,1,3-11H3/t24-,25-,26+,27+,28-,30+,31-,34-,35-,36-,39+,41-,42-/m1/s1. The van der Waals surface area contributed by atoms with Gasteiger partial charge in [-0.25, -0.2) is 14.8 Å². The first kappa shape index (κ1) is 44.3. The van der Waals surface area contributed by atoms with Crippen LogP contribution in [0.2, 0.25) is 0 Å². The molecule has 0 aliphatic carbocycles. The molecule has 316 valence electrons. The van der Waals surface area contributed by atoms with Gasteiger partial charge in [0.1, 0.15) is 23.9 Å². The van der Waals surface area contributed by atoms with Crippen molar-refractivity contribution in [2.75, 3.05) is 27.7 Å². The Morgan fingerprint density at radius 1 is 1.05 bits per heavy atom. The summed E-state index contributed by atoms with van der Waals surface area (Å²) in [6, 6.07) is 2.63. The summed E-state index contributed by atoms with van der Waals surface area (Å²) in [4.78, 5) is 69.2. The van der Waals surface area contributed by atoms with Gasteiger partial charge in [-0.3, -0.25) is 19.3 Å². The molecule has 13 atom stereocenters. The number of carbonyl (C=O) groups is 4. The van der Waals surface area contributed by atoms with Crippen molar-refractivity contribution < 1.29 is 48.0 Å². The molecule has 0 radical (unpaired) electrons. The van der Waals surface area contributed by atoms with Crippen LogP contribution in [0, 0.1) is 23.7 Å². The predicted octanol–water partition coefficient (Wildman–Crippen LogP) is 4.58. The Bertz CT molecular complexity index is 1770. The molecule has 15 heteroatoms. The molecule has 1 amide bonds. The summed E-state index contributed by atoms with van der Waals surface area (Å²) >= 11 is 0. The van der Waals surface area contributed by atoms with E-state index in [0.717, 1.165) is 5.52 Å². The molecular formula is C42H63N5O10. The summed E-state index contributed by atoms with van der Waals surface area (Å²) in [6.45, 7) is 17.1. The maximum atomic E-state index is 14.8. The number of aliphatic hydroxyl groups excluding tert-OH is 1. The first-order valence-corrected chi connectivity index (χ1v) is 20.3. The number of ether oxygens (including phenoxy) is 5. The molecule has 0 aromatic carbocycles. The lowest BCUT2D eigenvalue weighted by Gasteiger charge is -2.47. The van der Waals surface area contributed by atoms with Crippen LogP contribution in [0.3, 0.4) is 0 Å².